The van der Waals surface area contributed by atoms with E-state index in [9.17, 15) is 10.2 Å². The van der Waals surface area contributed by atoms with Crippen molar-refractivity contribution < 1.29 is 10.2 Å². The Morgan fingerprint density at radius 3 is 2.07 bits per heavy atom. The Balaban J connectivity index is 4.60. The third-order valence-corrected chi connectivity index (χ3v) is 2.49. The van der Waals surface area contributed by atoms with Crippen molar-refractivity contribution in [3.05, 3.63) is 11.6 Å². The minimum absolute atomic E-state index is 0.199. The zero-order valence-corrected chi connectivity index (χ0v) is 9.83. The summed E-state index contributed by atoms with van der Waals surface area (Å²) >= 11 is 0. The van der Waals surface area contributed by atoms with Crippen molar-refractivity contribution in [1.82, 2.24) is 0 Å². The Morgan fingerprint density at radius 2 is 1.79 bits per heavy atom. The number of aliphatic hydroxyl groups is 2. The highest BCUT2D eigenvalue weighted by Gasteiger charge is 2.17. The van der Waals surface area contributed by atoms with Crippen LogP contribution in [0.4, 0.5) is 0 Å². The summed E-state index contributed by atoms with van der Waals surface area (Å²) < 4.78 is 0. The molecule has 0 aromatic heterocycles. The third-order valence-electron chi connectivity index (χ3n) is 2.49. The van der Waals surface area contributed by atoms with E-state index in [-0.39, 0.29) is 12.0 Å². The molecule has 3 atom stereocenters. The molecule has 14 heavy (non-hydrogen) atoms. The summed E-state index contributed by atoms with van der Waals surface area (Å²) in [6.45, 7) is 7.76. The fourth-order valence-electron chi connectivity index (χ4n) is 1.90. The van der Waals surface area contributed by atoms with Crippen LogP contribution in [0.2, 0.25) is 0 Å². The molecule has 0 heterocycles. The molecular formula is C12H24O2. The lowest BCUT2D eigenvalue weighted by Gasteiger charge is -2.22. The largest absolute Gasteiger partial charge is 0.393 e. The first-order chi connectivity index (χ1) is 6.52. The molecular weight excluding hydrogens is 176 g/mol. The van der Waals surface area contributed by atoms with Crippen LogP contribution >= 0.6 is 0 Å². The second-order valence-electron chi connectivity index (χ2n) is 3.99. The molecule has 0 radical (unpaired) electrons. The Morgan fingerprint density at radius 1 is 1.21 bits per heavy atom. The summed E-state index contributed by atoms with van der Waals surface area (Å²) in [7, 11) is 0. The molecule has 0 spiro atoms. The topological polar surface area (TPSA) is 40.5 Å². The molecule has 84 valence electrons. The van der Waals surface area contributed by atoms with Crippen LogP contribution in [-0.2, 0) is 0 Å². The van der Waals surface area contributed by atoms with E-state index < -0.39 is 6.10 Å². The predicted molar refractivity (Wildman–Crippen MR) is 60.1 cm³/mol. The maximum Gasteiger partial charge on any atom is 0.0695 e. The molecule has 0 amide bonds. The minimum Gasteiger partial charge on any atom is -0.393 e. The molecule has 0 fully saturated rings. The minimum atomic E-state index is -0.413. The number of hydrogen-bond donors (Lipinski definition) is 2. The van der Waals surface area contributed by atoms with Gasteiger partial charge in [0.25, 0.3) is 0 Å². The monoisotopic (exact) mass is 200 g/mol. The average molecular weight is 200 g/mol. The van der Waals surface area contributed by atoms with Crippen LogP contribution in [0.3, 0.4) is 0 Å². The van der Waals surface area contributed by atoms with Gasteiger partial charge < -0.3 is 10.2 Å². The van der Waals surface area contributed by atoms with Crippen molar-refractivity contribution in [2.24, 2.45) is 5.92 Å². The van der Waals surface area contributed by atoms with Gasteiger partial charge in [-0.05, 0) is 26.7 Å². The lowest BCUT2D eigenvalue weighted by Crippen LogP contribution is -2.19. The predicted octanol–water partition coefficient (Wildman–Crippen LogP) is 2.50. The highest BCUT2D eigenvalue weighted by molar-refractivity contribution is 5.10. The van der Waals surface area contributed by atoms with Crippen molar-refractivity contribution in [2.45, 2.75) is 59.2 Å². The van der Waals surface area contributed by atoms with Gasteiger partial charge in [0.15, 0.2) is 0 Å². The van der Waals surface area contributed by atoms with E-state index in [1.54, 1.807) is 6.92 Å². The van der Waals surface area contributed by atoms with Crippen LogP contribution in [0.25, 0.3) is 0 Å². The third kappa shape index (κ3) is 4.77. The van der Waals surface area contributed by atoms with Gasteiger partial charge in [-0.1, -0.05) is 31.9 Å². The maximum atomic E-state index is 9.60. The molecule has 2 nitrogen and oxygen atoms in total. The Kier molecular flexibility index (Phi) is 6.85. The van der Waals surface area contributed by atoms with Gasteiger partial charge in [0, 0.05) is 5.92 Å². The van der Waals surface area contributed by atoms with Gasteiger partial charge in [0.05, 0.1) is 12.2 Å². The number of aliphatic hydroxyl groups excluding tert-OH is 2. The first kappa shape index (κ1) is 13.7. The number of hydrogen-bond acceptors (Lipinski definition) is 2. The molecule has 2 heteroatoms. The van der Waals surface area contributed by atoms with Crippen molar-refractivity contribution in [1.29, 1.82) is 0 Å². The quantitative estimate of drug-likeness (QED) is 0.647. The van der Waals surface area contributed by atoms with E-state index in [4.69, 9.17) is 0 Å². The van der Waals surface area contributed by atoms with Gasteiger partial charge in [0.1, 0.15) is 0 Å². The zero-order chi connectivity index (χ0) is 11.1. The van der Waals surface area contributed by atoms with E-state index in [0.717, 1.165) is 19.3 Å². The molecule has 0 aliphatic carbocycles. The molecule has 0 saturated carbocycles. The summed E-state index contributed by atoms with van der Waals surface area (Å²) in [6.07, 6.45) is 4.09. The summed E-state index contributed by atoms with van der Waals surface area (Å²) in [6, 6.07) is 0. The molecule has 0 rings (SSSR count). The van der Waals surface area contributed by atoms with Crippen molar-refractivity contribution in [2.75, 3.05) is 0 Å². The second kappa shape index (κ2) is 7.02. The zero-order valence-electron chi connectivity index (χ0n) is 9.83. The SMILES string of the molecule is CCC/C(=C\[C@H](C)O)C(CC)[C@H](C)O. The van der Waals surface area contributed by atoms with Crippen LogP contribution in [0, 0.1) is 5.92 Å². The van der Waals surface area contributed by atoms with Gasteiger partial charge in [-0.15, -0.1) is 0 Å². The van der Waals surface area contributed by atoms with Crippen LogP contribution in [0.1, 0.15) is 47.0 Å². The van der Waals surface area contributed by atoms with E-state index in [1.807, 2.05) is 13.0 Å². The van der Waals surface area contributed by atoms with Gasteiger partial charge in [0.2, 0.25) is 0 Å². The molecule has 0 aliphatic rings. The first-order valence-electron chi connectivity index (χ1n) is 5.59. The first-order valence-corrected chi connectivity index (χ1v) is 5.59. The van der Waals surface area contributed by atoms with E-state index >= 15 is 0 Å². The smallest absolute Gasteiger partial charge is 0.0695 e. The fourth-order valence-corrected chi connectivity index (χ4v) is 1.90. The maximum absolute atomic E-state index is 9.60. The van der Waals surface area contributed by atoms with Crippen molar-refractivity contribution in [3.8, 4) is 0 Å². The van der Waals surface area contributed by atoms with Gasteiger partial charge >= 0.3 is 0 Å². The van der Waals surface area contributed by atoms with Gasteiger partial charge in [-0.25, -0.2) is 0 Å². The number of rotatable bonds is 6. The highest BCUT2D eigenvalue weighted by atomic mass is 16.3. The Labute approximate surface area is 87.7 Å². The van der Waals surface area contributed by atoms with Gasteiger partial charge in [-0.2, -0.15) is 0 Å². The molecule has 0 aromatic rings. The fraction of sp³-hybridized carbons (Fsp3) is 0.833. The van der Waals surface area contributed by atoms with Crippen LogP contribution < -0.4 is 0 Å². The molecule has 0 bridgehead atoms. The Hall–Kier alpha value is -0.340. The summed E-state index contributed by atoms with van der Waals surface area (Å²) in [5.41, 5.74) is 1.19. The lowest BCUT2D eigenvalue weighted by molar-refractivity contribution is 0.138. The molecule has 0 saturated heterocycles. The van der Waals surface area contributed by atoms with Gasteiger partial charge in [-0.3, -0.25) is 0 Å². The molecule has 0 aromatic carbocycles. The standard InChI is InChI=1S/C12H24O2/c1-5-7-11(8-9(3)13)12(6-2)10(4)14/h8-10,12-14H,5-7H2,1-4H3/b11-8+/t9-,10-,12?/m0/s1. The summed E-state index contributed by atoms with van der Waals surface area (Å²) in [5, 5.41) is 18.9. The molecule has 0 aliphatic heterocycles. The lowest BCUT2D eigenvalue weighted by atomic mass is 9.88. The highest BCUT2D eigenvalue weighted by Crippen LogP contribution is 2.24. The van der Waals surface area contributed by atoms with Crippen molar-refractivity contribution in [3.63, 3.8) is 0 Å². The second-order valence-corrected chi connectivity index (χ2v) is 3.99. The molecule has 1 unspecified atom stereocenters. The summed E-state index contributed by atoms with van der Waals surface area (Å²) in [5.74, 6) is 0.199. The van der Waals surface area contributed by atoms with Crippen molar-refractivity contribution >= 4 is 0 Å². The van der Waals surface area contributed by atoms with Crippen LogP contribution in [0.5, 0.6) is 0 Å². The molecule has 2 N–H and O–H groups in total. The van der Waals surface area contributed by atoms with E-state index in [1.165, 1.54) is 5.57 Å². The Bertz CT molecular complexity index is 171. The summed E-state index contributed by atoms with van der Waals surface area (Å²) in [4.78, 5) is 0. The van der Waals surface area contributed by atoms with Crippen LogP contribution in [0.15, 0.2) is 11.6 Å². The van der Waals surface area contributed by atoms with E-state index in [2.05, 4.69) is 13.8 Å². The van der Waals surface area contributed by atoms with E-state index in [0.29, 0.717) is 0 Å². The average Bonchev–Trinajstić information content (AvgIpc) is 2.03. The van der Waals surface area contributed by atoms with Crippen LogP contribution in [-0.4, -0.2) is 22.4 Å². The normalized spacial score (nSPS) is 19.1.